The highest BCUT2D eigenvalue weighted by atomic mass is 28.4. The summed E-state index contributed by atoms with van der Waals surface area (Å²) in [7, 11) is -2.65. The lowest BCUT2D eigenvalue weighted by molar-refractivity contribution is -0.125. The molecule has 0 atom stereocenters. The number of aliphatic hydroxyl groups is 1. The Balaban J connectivity index is 0.000000182. The number of pyridine rings is 2. The molecule has 9 heterocycles. The third-order valence-electron chi connectivity index (χ3n) is 13.7. The van der Waals surface area contributed by atoms with Gasteiger partial charge < -0.3 is 32.9 Å². The van der Waals surface area contributed by atoms with Crippen LogP contribution in [0.3, 0.4) is 0 Å². The molecule has 0 spiro atoms. The van der Waals surface area contributed by atoms with Crippen LogP contribution in [0.1, 0.15) is 83.3 Å². The van der Waals surface area contributed by atoms with E-state index in [9.17, 15) is 19.2 Å². The molecule has 1 fully saturated rings. The number of ether oxygens (including phenoxy) is 3. The maximum absolute atomic E-state index is 13.1. The summed E-state index contributed by atoms with van der Waals surface area (Å²) in [6.45, 7) is 11.7. The fraction of sp³-hybridized carbons (Fsp3) is 0.345. The van der Waals surface area contributed by atoms with Gasteiger partial charge in [0, 0.05) is 86.2 Å². The first kappa shape index (κ1) is 51.7. The number of imide groups is 2. The van der Waals surface area contributed by atoms with Gasteiger partial charge >= 0.3 is 0 Å². The Labute approximate surface area is 432 Å². The van der Waals surface area contributed by atoms with Crippen LogP contribution in [0, 0.1) is 0 Å². The molecule has 0 aliphatic carbocycles. The van der Waals surface area contributed by atoms with Crippen LogP contribution in [0.2, 0.25) is 5.04 Å². The number of hydrogen-bond donors (Lipinski definition) is 3. The van der Waals surface area contributed by atoms with E-state index < -0.39 is 31.9 Å². The topological polar surface area (TPSA) is 185 Å². The Morgan fingerprint density at radius 1 is 0.595 bits per heavy atom. The number of hydrogen-bond acceptors (Lipinski definition) is 11. The van der Waals surface area contributed by atoms with E-state index in [1.54, 1.807) is 18.5 Å². The van der Waals surface area contributed by atoms with Crippen molar-refractivity contribution in [3.63, 3.8) is 0 Å². The van der Waals surface area contributed by atoms with Crippen molar-refractivity contribution < 1.29 is 42.9 Å². The molecular formula is C58H64N6O9Si. The number of carbonyl (C=O) groups excluding carboxylic acids is 4. The van der Waals surface area contributed by atoms with Crippen molar-refractivity contribution in [2.75, 3.05) is 39.6 Å². The second-order valence-electron chi connectivity index (χ2n) is 19.7. The second kappa shape index (κ2) is 23.3. The molecule has 4 aromatic heterocycles. The van der Waals surface area contributed by atoms with Gasteiger partial charge in [0.1, 0.15) is 22.8 Å². The van der Waals surface area contributed by atoms with E-state index in [0.29, 0.717) is 89.9 Å². The van der Waals surface area contributed by atoms with Crippen molar-refractivity contribution in [1.82, 2.24) is 29.7 Å². The summed E-state index contributed by atoms with van der Waals surface area (Å²) < 4.78 is 27.5. The molecule has 0 unspecified atom stereocenters. The fourth-order valence-electron chi connectivity index (χ4n) is 10.3. The van der Waals surface area contributed by atoms with Gasteiger partial charge in [0.15, 0.2) is 0 Å². The van der Waals surface area contributed by atoms with Crippen molar-refractivity contribution in [3.8, 4) is 0 Å². The Bertz CT molecular complexity index is 3110. The van der Waals surface area contributed by atoms with Crippen molar-refractivity contribution in [2.45, 2.75) is 90.3 Å². The van der Waals surface area contributed by atoms with Gasteiger partial charge in [-0.2, -0.15) is 0 Å². The number of amides is 4. The van der Waals surface area contributed by atoms with E-state index in [1.807, 2.05) is 59.4 Å². The van der Waals surface area contributed by atoms with Crippen LogP contribution in [0.5, 0.6) is 0 Å². The van der Waals surface area contributed by atoms with Gasteiger partial charge in [-0.3, -0.25) is 29.8 Å². The van der Waals surface area contributed by atoms with E-state index in [2.05, 4.69) is 94.5 Å². The molecule has 0 radical (unpaired) electrons. The summed E-state index contributed by atoms with van der Waals surface area (Å²) in [5.41, 5.74) is 4.09. The predicted molar refractivity (Wildman–Crippen MR) is 286 cm³/mol. The number of fused-ring (bicyclic) bond motifs is 2. The summed E-state index contributed by atoms with van der Waals surface area (Å²) >= 11 is 0. The molecular weight excluding hydrogens is 953 g/mol. The minimum Gasteiger partial charge on any atom is -0.493 e. The highest BCUT2D eigenvalue weighted by Gasteiger charge is 2.50. The van der Waals surface area contributed by atoms with Gasteiger partial charge in [-0.05, 0) is 103 Å². The summed E-state index contributed by atoms with van der Waals surface area (Å²) in [4.78, 5) is 60.0. The molecule has 0 bridgehead atoms. The van der Waals surface area contributed by atoms with Gasteiger partial charge in [-0.15, -0.1) is 0 Å². The Morgan fingerprint density at radius 3 is 1.46 bits per heavy atom. The van der Waals surface area contributed by atoms with Crippen molar-refractivity contribution >= 4 is 75.5 Å². The molecule has 0 saturated carbocycles. The van der Waals surface area contributed by atoms with Crippen LogP contribution >= 0.6 is 0 Å². The highest BCUT2D eigenvalue weighted by Crippen LogP contribution is 2.39. The van der Waals surface area contributed by atoms with E-state index in [4.69, 9.17) is 23.7 Å². The minimum absolute atomic E-state index is 0.0650. The lowest BCUT2D eigenvalue weighted by Crippen LogP contribution is -2.66. The van der Waals surface area contributed by atoms with Gasteiger partial charge in [0.2, 0.25) is 0 Å². The van der Waals surface area contributed by atoms with Crippen LogP contribution in [-0.4, -0.2) is 95.8 Å². The smallest absolute Gasteiger partial charge is 0.262 e. The maximum Gasteiger partial charge on any atom is 0.262 e. The number of rotatable bonds is 14. The summed E-state index contributed by atoms with van der Waals surface area (Å²) in [5.74, 6) is -0.740. The average Bonchev–Trinajstić information content (AvgIpc) is 4.28. The van der Waals surface area contributed by atoms with Crippen LogP contribution in [0.4, 0.5) is 0 Å². The largest absolute Gasteiger partial charge is 0.493 e. The quantitative estimate of drug-likeness (QED) is 0.0560. The third-order valence-corrected chi connectivity index (χ3v) is 18.7. The van der Waals surface area contributed by atoms with E-state index in [1.165, 1.54) is 23.2 Å². The second-order valence-corrected chi connectivity index (χ2v) is 24.0. The molecule has 74 heavy (non-hydrogen) atoms. The van der Waals surface area contributed by atoms with Crippen molar-refractivity contribution in [1.29, 1.82) is 0 Å². The molecule has 15 nitrogen and oxygen atoms in total. The normalized spacial score (nSPS) is 17.0. The fourth-order valence-corrected chi connectivity index (χ4v) is 14.9. The Hall–Kier alpha value is -7.24. The maximum atomic E-state index is 13.1. The van der Waals surface area contributed by atoms with Crippen LogP contribution in [-0.2, 0) is 50.9 Å². The molecule has 16 heteroatoms. The molecule has 5 aliphatic heterocycles. The van der Waals surface area contributed by atoms with Gasteiger partial charge in [0.25, 0.3) is 31.9 Å². The summed E-state index contributed by atoms with van der Waals surface area (Å²) in [6.07, 6.45) is 18.2. The molecule has 2 aromatic carbocycles. The number of allylic oxidation sites excluding steroid dienone is 2. The molecule has 6 aromatic rings. The highest BCUT2D eigenvalue weighted by molar-refractivity contribution is 6.99. The SMILES string of the molecule is C1CCOC1.CC(C)(C)[Si](OCCCn1cc(C2=C(C3=CCCCO3)C(=O)NC2=O)c2cccnc21)(c1ccccc1)c1ccccc1.O=C1NC(=O)C(c2cn(CCCO)c3ncccc23)=C1C1=CCCCO1. The molecule has 384 valence electrons. The van der Waals surface area contributed by atoms with Crippen molar-refractivity contribution in [3.05, 3.63) is 156 Å². The first-order valence-corrected chi connectivity index (χ1v) is 27.6. The number of aryl methyl sites for hydroxylation is 2. The molecule has 3 N–H and O–H groups in total. The first-order chi connectivity index (χ1) is 36.0. The molecule has 11 rings (SSSR count). The summed E-state index contributed by atoms with van der Waals surface area (Å²) in [5, 5.41) is 18.0. The van der Waals surface area contributed by atoms with Crippen LogP contribution < -0.4 is 21.0 Å². The summed E-state index contributed by atoms with van der Waals surface area (Å²) in [6, 6.07) is 28.7. The van der Waals surface area contributed by atoms with E-state index in [0.717, 1.165) is 61.7 Å². The van der Waals surface area contributed by atoms with Crippen molar-refractivity contribution in [2.24, 2.45) is 0 Å². The lowest BCUT2D eigenvalue weighted by atomic mass is 9.99. The van der Waals surface area contributed by atoms with Gasteiger partial charge in [-0.25, -0.2) is 9.97 Å². The van der Waals surface area contributed by atoms with E-state index >= 15 is 0 Å². The van der Waals surface area contributed by atoms with Gasteiger partial charge in [-0.1, -0.05) is 81.4 Å². The zero-order chi connectivity index (χ0) is 51.7. The number of carbonyl (C=O) groups is 4. The monoisotopic (exact) mass is 1020 g/mol. The molecule has 5 aliphatic rings. The number of aromatic nitrogens is 4. The average molecular weight is 1020 g/mol. The standard InChI is InChI=1S/C35H37N3O4Si.C19H19N3O4.C4H8O/c1-35(2,3)43(25-14-6-4-7-15-25,26-16-8-5-9-17-26)42-23-13-21-38-24-28(27-18-12-20-36-32(27)38)30-31(34(40)37-33(30)39)29-19-10-11-22-41-29;23-9-4-8-22-11-13(12-5-3-7-20-17(12)22)15-16(19(25)21-18(15)24)14-6-1-2-10-26-14;1-2-4-5-3-1/h4-9,12,14-20,24H,10-11,13,21-23H2,1-3H3,(H,37,39,40);3,5-7,11,23H,1-2,4,8-10H2,(H,21,24,25);1-4H2. The van der Waals surface area contributed by atoms with Crippen LogP contribution in [0.25, 0.3) is 33.2 Å². The molecule has 4 amide bonds. The number of benzene rings is 2. The van der Waals surface area contributed by atoms with E-state index in [-0.39, 0.29) is 11.6 Å². The minimum atomic E-state index is -2.65. The zero-order valence-electron chi connectivity index (χ0n) is 42.4. The Morgan fingerprint density at radius 2 is 1.05 bits per heavy atom. The Kier molecular flexibility index (Phi) is 16.3. The third kappa shape index (κ3) is 10.7. The van der Waals surface area contributed by atoms with Crippen LogP contribution in [0.15, 0.2) is 145 Å². The number of aliphatic hydroxyl groups excluding tert-OH is 1. The van der Waals surface area contributed by atoms with Gasteiger partial charge in [0.05, 0.1) is 35.5 Å². The number of nitrogens with zero attached hydrogens (tertiary/aromatic N) is 4. The number of nitrogens with one attached hydrogen (secondary N) is 2. The first-order valence-electron chi connectivity index (χ1n) is 25.7. The molecule has 1 saturated heterocycles. The zero-order valence-corrected chi connectivity index (χ0v) is 43.4. The predicted octanol–water partition coefficient (Wildman–Crippen LogP) is 7.43. The lowest BCUT2D eigenvalue weighted by Gasteiger charge is -2.43.